The standard InChI is InChI=1S/C20H21N3O4S/c1-15-21-18-13-17(7-8-19(18)27-15)20(24)22-9-11-23(12-10-22)28(25,26)14-16-5-3-2-4-6-16/h2-8,13H,9-12,14H2,1H3. The lowest BCUT2D eigenvalue weighted by Gasteiger charge is -2.34. The molecule has 0 saturated carbocycles. The Bertz CT molecular complexity index is 1100. The third-order valence-electron chi connectivity index (χ3n) is 4.85. The van der Waals surface area contributed by atoms with Gasteiger partial charge in [-0.05, 0) is 23.8 Å². The molecule has 1 amide bonds. The lowest BCUT2D eigenvalue weighted by atomic mass is 10.1. The first-order valence-electron chi connectivity index (χ1n) is 9.10. The topological polar surface area (TPSA) is 83.7 Å². The number of nitrogens with zero attached hydrogens (tertiary/aromatic N) is 3. The first-order valence-corrected chi connectivity index (χ1v) is 10.7. The van der Waals surface area contributed by atoms with Crippen LogP contribution in [0, 0.1) is 6.92 Å². The molecule has 8 heteroatoms. The highest BCUT2D eigenvalue weighted by atomic mass is 32.2. The van der Waals surface area contributed by atoms with Crippen LogP contribution < -0.4 is 0 Å². The van der Waals surface area contributed by atoms with E-state index in [2.05, 4.69) is 4.98 Å². The number of carbonyl (C=O) groups excluding carboxylic acids is 1. The minimum atomic E-state index is -3.40. The lowest BCUT2D eigenvalue weighted by Crippen LogP contribution is -2.50. The monoisotopic (exact) mass is 399 g/mol. The number of rotatable bonds is 4. The molecule has 1 saturated heterocycles. The van der Waals surface area contributed by atoms with Crippen LogP contribution in [0.1, 0.15) is 21.8 Å². The number of benzene rings is 2. The van der Waals surface area contributed by atoms with Gasteiger partial charge < -0.3 is 9.32 Å². The van der Waals surface area contributed by atoms with Crippen LogP contribution in [0.2, 0.25) is 0 Å². The summed E-state index contributed by atoms with van der Waals surface area (Å²) in [7, 11) is -3.40. The van der Waals surface area contributed by atoms with Crippen molar-refractivity contribution in [2.24, 2.45) is 0 Å². The molecule has 0 atom stereocenters. The van der Waals surface area contributed by atoms with E-state index in [1.165, 1.54) is 4.31 Å². The van der Waals surface area contributed by atoms with Crippen LogP contribution in [0.5, 0.6) is 0 Å². The van der Waals surface area contributed by atoms with E-state index in [1.807, 2.05) is 18.2 Å². The van der Waals surface area contributed by atoms with Gasteiger partial charge in [-0.3, -0.25) is 4.79 Å². The molecule has 4 rings (SSSR count). The molecule has 0 bridgehead atoms. The molecule has 3 aromatic rings. The van der Waals surface area contributed by atoms with Crippen LogP contribution in [0.4, 0.5) is 0 Å². The van der Waals surface area contributed by atoms with Crippen molar-refractivity contribution in [3.8, 4) is 0 Å². The highest BCUT2D eigenvalue weighted by molar-refractivity contribution is 7.88. The molecular weight excluding hydrogens is 378 g/mol. The van der Waals surface area contributed by atoms with E-state index in [9.17, 15) is 13.2 Å². The maximum Gasteiger partial charge on any atom is 0.254 e. The fourth-order valence-electron chi connectivity index (χ4n) is 3.40. The number of piperazine rings is 1. The maximum absolute atomic E-state index is 12.8. The van der Waals surface area contributed by atoms with E-state index in [0.29, 0.717) is 48.7 Å². The molecule has 0 N–H and O–H groups in total. The summed E-state index contributed by atoms with van der Waals surface area (Å²) in [5, 5.41) is 0. The molecule has 7 nitrogen and oxygen atoms in total. The summed E-state index contributed by atoms with van der Waals surface area (Å²) in [5.41, 5.74) is 2.58. The van der Waals surface area contributed by atoms with Gasteiger partial charge in [-0.2, -0.15) is 4.31 Å². The minimum absolute atomic E-state index is 0.0238. The molecule has 2 aromatic carbocycles. The van der Waals surface area contributed by atoms with Crippen molar-refractivity contribution in [1.82, 2.24) is 14.2 Å². The van der Waals surface area contributed by atoms with Crippen LogP contribution >= 0.6 is 0 Å². The summed E-state index contributed by atoms with van der Waals surface area (Å²) in [6.45, 7) is 3.08. The zero-order valence-corrected chi connectivity index (χ0v) is 16.4. The zero-order chi connectivity index (χ0) is 19.7. The molecule has 1 aliphatic heterocycles. The second kappa shape index (κ2) is 7.37. The summed E-state index contributed by atoms with van der Waals surface area (Å²) in [6, 6.07) is 14.3. The summed E-state index contributed by atoms with van der Waals surface area (Å²) >= 11 is 0. The van der Waals surface area contributed by atoms with Gasteiger partial charge in [0.25, 0.3) is 5.91 Å². The Morgan fingerprint density at radius 3 is 2.50 bits per heavy atom. The second-order valence-corrected chi connectivity index (χ2v) is 8.82. The van der Waals surface area contributed by atoms with Gasteiger partial charge in [0.1, 0.15) is 5.52 Å². The quantitative estimate of drug-likeness (QED) is 0.673. The first-order chi connectivity index (χ1) is 13.4. The average molecular weight is 399 g/mol. The van der Waals surface area contributed by atoms with Crippen molar-refractivity contribution in [2.45, 2.75) is 12.7 Å². The first kappa shape index (κ1) is 18.6. The number of amides is 1. The second-order valence-electron chi connectivity index (χ2n) is 6.85. The SMILES string of the molecule is Cc1nc2cc(C(=O)N3CCN(S(=O)(=O)Cc4ccccc4)CC3)ccc2o1. The Balaban J connectivity index is 1.42. The van der Waals surface area contributed by atoms with Crippen molar-refractivity contribution in [3.63, 3.8) is 0 Å². The number of aryl methyl sites for hydroxylation is 1. The Hall–Kier alpha value is -2.71. The van der Waals surface area contributed by atoms with Gasteiger partial charge in [0.15, 0.2) is 11.5 Å². The molecular formula is C20H21N3O4S. The summed E-state index contributed by atoms with van der Waals surface area (Å²) in [4.78, 5) is 18.7. The van der Waals surface area contributed by atoms with Crippen molar-refractivity contribution >= 4 is 27.0 Å². The largest absolute Gasteiger partial charge is 0.441 e. The van der Waals surface area contributed by atoms with Crippen LogP contribution in [0.25, 0.3) is 11.1 Å². The summed E-state index contributed by atoms with van der Waals surface area (Å²) in [6.07, 6.45) is 0. The summed E-state index contributed by atoms with van der Waals surface area (Å²) < 4.78 is 32.2. The predicted octanol–water partition coefficient (Wildman–Crippen LogP) is 2.42. The van der Waals surface area contributed by atoms with Gasteiger partial charge in [0.2, 0.25) is 10.0 Å². The van der Waals surface area contributed by atoms with Crippen molar-refractivity contribution < 1.29 is 17.6 Å². The van der Waals surface area contributed by atoms with Crippen LogP contribution in [-0.4, -0.2) is 54.7 Å². The summed E-state index contributed by atoms with van der Waals surface area (Å²) in [5.74, 6) is 0.406. The molecule has 2 heterocycles. The van der Waals surface area contributed by atoms with E-state index in [4.69, 9.17) is 4.42 Å². The van der Waals surface area contributed by atoms with Crippen molar-refractivity contribution in [3.05, 3.63) is 65.5 Å². The Morgan fingerprint density at radius 1 is 1.07 bits per heavy atom. The molecule has 1 aromatic heterocycles. The van der Waals surface area contributed by atoms with Crippen LogP contribution in [0.15, 0.2) is 52.9 Å². The lowest BCUT2D eigenvalue weighted by molar-refractivity contribution is 0.0698. The number of sulfonamides is 1. The van der Waals surface area contributed by atoms with Crippen molar-refractivity contribution in [2.75, 3.05) is 26.2 Å². The predicted molar refractivity (Wildman–Crippen MR) is 105 cm³/mol. The molecule has 0 radical (unpaired) electrons. The zero-order valence-electron chi connectivity index (χ0n) is 15.5. The maximum atomic E-state index is 12.8. The molecule has 146 valence electrons. The molecule has 1 fully saturated rings. The van der Waals surface area contributed by atoms with E-state index in [0.717, 1.165) is 5.56 Å². The third-order valence-corrected chi connectivity index (χ3v) is 6.70. The molecule has 0 spiro atoms. The number of aromatic nitrogens is 1. The average Bonchev–Trinajstić information content (AvgIpc) is 3.07. The van der Waals surface area contributed by atoms with E-state index < -0.39 is 10.0 Å². The number of carbonyl (C=O) groups is 1. The fraction of sp³-hybridized carbons (Fsp3) is 0.300. The third kappa shape index (κ3) is 3.79. The van der Waals surface area contributed by atoms with Gasteiger partial charge in [-0.25, -0.2) is 13.4 Å². The molecule has 0 aliphatic carbocycles. The minimum Gasteiger partial charge on any atom is -0.441 e. The number of hydrogen-bond acceptors (Lipinski definition) is 5. The number of oxazole rings is 1. The molecule has 1 aliphatic rings. The molecule has 28 heavy (non-hydrogen) atoms. The fourth-order valence-corrected chi connectivity index (χ4v) is 4.92. The van der Waals surface area contributed by atoms with Crippen molar-refractivity contribution in [1.29, 1.82) is 0 Å². The van der Waals surface area contributed by atoms with Gasteiger partial charge in [0.05, 0.1) is 5.75 Å². The smallest absolute Gasteiger partial charge is 0.254 e. The highest BCUT2D eigenvalue weighted by Crippen LogP contribution is 2.19. The van der Waals surface area contributed by atoms with Gasteiger partial charge in [0, 0.05) is 38.7 Å². The number of fused-ring (bicyclic) bond motifs is 1. The number of hydrogen-bond donors (Lipinski definition) is 0. The van der Waals surface area contributed by atoms with Gasteiger partial charge >= 0.3 is 0 Å². The normalized spacial score (nSPS) is 15.8. The Kier molecular flexibility index (Phi) is 4.91. The van der Waals surface area contributed by atoms with Gasteiger partial charge in [-0.1, -0.05) is 30.3 Å². The van der Waals surface area contributed by atoms with E-state index in [1.54, 1.807) is 42.2 Å². The van der Waals surface area contributed by atoms with Crippen LogP contribution in [-0.2, 0) is 15.8 Å². The van der Waals surface area contributed by atoms with Gasteiger partial charge in [-0.15, -0.1) is 0 Å². The van der Waals surface area contributed by atoms with Crippen LogP contribution in [0.3, 0.4) is 0 Å². The van der Waals surface area contributed by atoms with E-state index >= 15 is 0 Å². The molecule has 0 unspecified atom stereocenters. The highest BCUT2D eigenvalue weighted by Gasteiger charge is 2.29. The Morgan fingerprint density at radius 2 is 1.79 bits per heavy atom. The Labute approximate surface area is 163 Å². The van der Waals surface area contributed by atoms with E-state index in [-0.39, 0.29) is 11.7 Å².